The Bertz CT molecular complexity index is 380. The lowest BCUT2D eigenvalue weighted by Gasteiger charge is -2.16. The predicted molar refractivity (Wildman–Crippen MR) is 73.2 cm³/mol. The summed E-state index contributed by atoms with van der Waals surface area (Å²) in [6, 6.07) is 7.64. The van der Waals surface area contributed by atoms with Crippen LogP contribution in [0, 0.1) is 5.92 Å². The quantitative estimate of drug-likeness (QED) is 0.779. The fourth-order valence-corrected chi connectivity index (χ4v) is 1.86. The van der Waals surface area contributed by atoms with E-state index in [1.54, 1.807) is 7.11 Å². The smallest absolute Gasteiger partial charge is 0.228 e. The van der Waals surface area contributed by atoms with Crippen LogP contribution >= 0.6 is 0 Å². The molecule has 0 fully saturated rings. The first-order valence-corrected chi connectivity index (χ1v) is 6.30. The van der Waals surface area contributed by atoms with Gasteiger partial charge < -0.3 is 15.8 Å². The number of carbonyl (C=O) groups is 1. The maximum atomic E-state index is 12.1. The molecular weight excluding hydrogens is 228 g/mol. The number of methoxy groups -OCH3 is 1. The minimum atomic E-state index is -0.120. The minimum Gasteiger partial charge on any atom is -0.380 e. The number of nitrogens with two attached hydrogens (primary N) is 1. The number of para-hydroxylation sites is 1. The van der Waals surface area contributed by atoms with Gasteiger partial charge in [-0.05, 0) is 12.5 Å². The number of benzene rings is 1. The minimum absolute atomic E-state index is 0.0112. The van der Waals surface area contributed by atoms with Crippen LogP contribution < -0.4 is 11.1 Å². The topological polar surface area (TPSA) is 64.4 Å². The van der Waals surface area contributed by atoms with Gasteiger partial charge in [0.2, 0.25) is 5.91 Å². The fraction of sp³-hybridized carbons (Fsp3) is 0.500. The van der Waals surface area contributed by atoms with Gasteiger partial charge in [0.05, 0.1) is 12.5 Å². The summed E-state index contributed by atoms with van der Waals surface area (Å²) in [5.41, 5.74) is 7.40. The lowest BCUT2D eigenvalue weighted by atomic mass is 10.0. The van der Waals surface area contributed by atoms with Crippen LogP contribution in [0.3, 0.4) is 0 Å². The van der Waals surface area contributed by atoms with Gasteiger partial charge in [-0.15, -0.1) is 0 Å². The van der Waals surface area contributed by atoms with Crippen LogP contribution in [0.2, 0.25) is 0 Å². The zero-order valence-electron chi connectivity index (χ0n) is 11.1. The Balaban J connectivity index is 2.74. The average molecular weight is 250 g/mol. The highest BCUT2D eigenvalue weighted by molar-refractivity contribution is 5.93. The lowest BCUT2D eigenvalue weighted by Crippen LogP contribution is -2.29. The van der Waals surface area contributed by atoms with E-state index in [0.29, 0.717) is 13.2 Å². The van der Waals surface area contributed by atoms with E-state index < -0.39 is 0 Å². The molecule has 18 heavy (non-hydrogen) atoms. The first-order chi connectivity index (χ1) is 8.72. The molecule has 0 aliphatic rings. The molecular formula is C14H22N2O2. The Kier molecular flexibility index (Phi) is 6.39. The molecule has 100 valence electrons. The molecule has 0 aliphatic heterocycles. The van der Waals surface area contributed by atoms with Crippen molar-refractivity contribution in [1.29, 1.82) is 0 Å². The molecule has 1 unspecified atom stereocenters. The zero-order valence-corrected chi connectivity index (χ0v) is 11.1. The van der Waals surface area contributed by atoms with Crippen molar-refractivity contribution in [3.8, 4) is 0 Å². The summed E-state index contributed by atoms with van der Waals surface area (Å²) in [6.45, 7) is 2.92. The molecule has 0 radical (unpaired) electrons. The summed E-state index contributed by atoms with van der Waals surface area (Å²) < 4.78 is 5.11. The molecule has 0 heterocycles. The molecule has 0 spiro atoms. The van der Waals surface area contributed by atoms with E-state index in [-0.39, 0.29) is 11.8 Å². The Morgan fingerprint density at radius 1 is 1.44 bits per heavy atom. The highest BCUT2D eigenvalue weighted by atomic mass is 16.5. The third-order valence-corrected chi connectivity index (χ3v) is 2.87. The summed E-state index contributed by atoms with van der Waals surface area (Å²) in [6.07, 6.45) is 1.77. The van der Waals surface area contributed by atoms with Crippen LogP contribution in [0.5, 0.6) is 0 Å². The van der Waals surface area contributed by atoms with Gasteiger partial charge in [-0.1, -0.05) is 31.5 Å². The van der Waals surface area contributed by atoms with Crippen molar-refractivity contribution in [2.24, 2.45) is 11.7 Å². The van der Waals surface area contributed by atoms with Gasteiger partial charge in [-0.2, -0.15) is 0 Å². The highest BCUT2D eigenvalue weighted by Crippen LogP contribution is 2.17. The number of anilines is 1. The van der Waals surface area contributed by atoms with Crippen molar-refractivity contribution in [3.05, 3.63) is 29.8 Å². The third kappa shape index (κ3) is 4.13. The van der Waals surface area contributed by atoms with Gasteiger partial charge >= 0.3 is 0 Å². The van der Waals surface area contributed by atoms with E-state index in [4.69, 9.17) is 10.5 Å². The maximum Gasteiger partial charge on any atom is 0.228 e. The SMILES string of the molecule is CCCC(CN)C(=O)Nc1ccccc1COC. The number of hydrogen-bond acceptors (Lipinski definition) is 3. The van der Waals surface area contributed by atoms with Crippen molar-refractivity contribution in [3.63, 3.8) is 0 Å². The van der Waals surface area contributed by atoms with Crippen LogP contribution in [0.1, 0.15) is 25.3 Å². The monoisotopic (exact) mass is 250 g/mol. The number of carbonyl (C=O) groups excluding carboxylic acids is 1. The van der Waals surface area contributed by atoms with Gasteiger partial charge in [-0.25, -0.2) is 0 Å². The molecule has 0 aromatic heterocycles. The molecule has 1 aromatic carbocycles. The van der Waals surface area contributed by atoms with E-state index in [1.165, 1.54) is 0 Å². The molecule has 1 atom stereocenters. The van der Waals surface area contributed by atoms with E-state index in [9.17, 15) is 4.79 Å². The molecule has 3 N–H and O–H groups in total. The summed E-state index contributed by atoms with van der Waals surface area (Å²) >= 11 is 0. The Morgan fingerprint density at radius 2 is 2.17 bits per heavy atom. The molecule has 0 saturated carbocycles. The summed E-state index contributed by atoms with van der Waals surface area (Å²) in [4.78, 5) is 12.1. The summed E-state index contributed by atoms with van der Waals surface area (Å²) in [5.74, 6) is -0.131. The highest BCUT2D eigenvalue weighted by Gasteiger charge is 2.16. The van der Waals surface area contributed by atoms with Crippen LogP contribution in [0.25, 0.3) is 0 Å². The molecule has 1 aromatic rings. The van der Waals surface area contributed by atoms with Crippen LogP contribution in [-0.4, -0.2) is 19.6 Å². The van der Waals surface area contributed by atoms with Crippen molar-refractivity contribution in [2.75, 3.05) is 19.0 Å². The van der Waals surface area contributed by atoms with E-state index >= 15 is 0 Å². The van der Waals surface area contributed by atoms with Gasteiger partial charge in [0.15, 0.2) is 0 Å². The molecule has 0 bridgehead atoms. The van der Waals surface area contributed by atoms with Crippen LogP contribution in [0.4, 0.5) is 5.69 Å². The van der Waals surface area contributed by atoms with E-state index in [1.807, 2.05) is 24.3 Å². The third-order valence-electron chi connectivity index (χ3n) is 2.87. The van der Waals surface area contributed by atoms with Gasteiger partial charge in [0.25, 0.3) is 0 Å². The van der Waals surface area contributed by atoms with Gasteiger partial charge in [-0.3, -0.25) is 4.79 Å². The lowest BCUT2D eigenvalue weighted by molar-refractivity contribution is -0.119. The number of amides is 1. The largest absolute Gasteiger partial charge is 0.380 e. The summed E-state index contributed by atoms with van der Waals surface area (Å²) in [5, 5.41) is 2.93. The van der Waals surface area contributed by atoms with Crippen LogP contribution in [-0.2, 0) is 16.1 Å². The van der Waals surface area contributed by atoms with Crippen molar-refractivity contribution in [2.45, 2.75) is 26.4 Å². The van der Waals surface area contributed by atoms with E-state index in [0.717, 1.165) is 24.1 Å². The Hall–Kier alpha value is -1.39. The second kappa shape index (κ2) is 7.84. The van der Waals surface area contributed by atoms with Gasteiger partial charge in [0, 0.05) is 24.9 Å². The number of ether oxygens (including phenoxy) is 1. The van der Waals surface area contributed by atoms with Crippen molar-refractivity contribution in [1.82, 2.24) is 0 Å². The van der Waals surface area contributed by atoms with Gasteiger partial charge in [0.1, 0.15) is 0 Å². The molecule has 1 rings (SSSR count). The zero-order chi connectivity index (χ0) is 13.4. The average Bonchev–Trinajstić information content (AvgIpc) is 2.38. The van der Waals surface area contributed by atoms with Crippen LogP contribution in [0.15, 0.2) is 24.3 Å². The molecule has 4 heteroatoms. The number of rotatable bonds is 7. The normalized spacial score (nSPS) is 12.2. The summed E-state index contributed by atoms with van der Waals surface area (Å²) in [7, 11) is 1.64. The first-order valence-electron chi connectivity index (χ1n) is 6.30. The first kappa shape index (κ1) is 14.7. The molecule has 0 saturated heterocycles. The van der Waals surface area contributed by atoms with Crippen molar-refractivity contribution < 1.29 is 9.53 Å². The maximum absolute atomic E-state index is 12.1. The Labute approximate surface area is 109 Å². The predicted octanol–water partition coefficient (Wildman–Crippen LogP) is 2.15. The Morgan fingerprint density at radius 3 is 2.78 bits per heavy atom. The number of nitrogens with one attached hydrogen (secondary N) is 1. The second-order valence-electron chi connectivity index (χ2n) is 4.30. The van der Waals surface area contributed by atoms with E-state index in [2.05, 4.69) is 12.2 Å². The number of hydrogen-bond donors (Lipinski definition) is 2. The standard InChI is InChI=1S/C14H22N2O2/c1-3-6-11(9-15)14(17)16-13-8-5-4-7-12(13)10-18-2/h4-5,7-8,11H,3,6,9-10,15H2,1-2H3,(H,16,17). The van der Waals surface area contributed by atoms with Crippen molar-refractivity contribution >= 4 is 11.6 Å². The molecule has 0 aliphatic carbocycles. The second-order valence-corrected chi connectivity index (χ2v) is 4.30. The fourth-order valence-electron chi connectivity index (χ4n) is 1.86. The molecule has 4 nitrogen and oxygen atoms in total. The molecule has 1 amide bonds.